The van der Waals surface area contributed by atoms with E-state index in [1.54, 1.807) is 24.8 Å². The summed E-state index contributed by atoms with van der Waals surface area (Å²) in [5.41, 5.74) is 1.92. The number of amidine groups is 2. The second-order valence-corrected chi connectivity index (χ2v) is 4.95. The monoisotopic (exact) mass is 363 g/mol. The minimum absolute atomic E-state index is 0.253. The van der Waals surface area contributed by atoms with E-state index in [-0.39, 0.29) is 6.17 Å². The topological polar surface area (TPSA) is 62.5 Å². The van der Waals surface area contributed by atoms with Gasteiger partial charge in [0, 0.05) is 35.9 Å². The van der Waals surface area contributed by atoms with E-state index in [1.165, 1.54) is 0 Å². The fourth-order valence-electron chi connectivity index (χ4n) is 1.75. The van der Waals surface area contributed by atoms with Crippen molar-refractivity contribution < 1.29 is 0 Å². The van der Waals surface area contributed by atoms with Crippen molar-refractivity contribution in [2.45, 2.75) is 6.17 Å². The van der Waals surface area contributed by atoms with E-state index in [1.807, 2.05) is 24.3 Å². The molecule has 2 aromatic heterocycles. The van der Waals surface area contributed by atoms with Crippen molar-refractivity contribution in [1.29, 1.82) is 0 Å². The van der Waals surface area contributed by atoms with Crippen molar-refractivity contribution >= 4 is 32.3 Å². The van der Waals surface area contributed by atoms with Crippen LogP contribution >= 0.6 is 22.6 Å². The average Bonchev–Trinajstić information content (AvgIpc) is 2.48. The molecule has 3 rings (SSSR count). The SMILES string of the molecule is IC1=NC(c2cccnc2)N=C(c2cccnc2)N1. The van der Waals surface area contributed by atoms with Gasteiger partial charge in [0.05, 0.1) is 0 Å². The molecule has 94 valence electrons. The lowest BCUT2D eigenvalue weighted by Gasteiger charge is -2.18. The van der Waals surface area contributed by atoms with Crippen molar-refractivity contribution in [2.24, 2.45) is 9.98 Å². The Morgan fingerprint density at radius 3 is 2.47 bits per heavy atom. The molecule has 1 aliphatic rings. The van der Waals surface area contributed by atoms with Crippen LogP contribution in [0.5, 0.6) is 0 Å². The van der Waals surface area contributed by atoms with Gasteiger partial charge in [-0.05, 0) is 40.8 Å². The molecule has 19 heavy (non-hydrogen) atoms. The first-order valence-electron chi connectivity index (χ1n) is 5.71. The molecule has 0 spiro atoms. The third kappa shape index (κ3) is 2.78. The second kappa shape index (κ2) is 5.43. The average molecular weight is 363 g/mol. The number of aliphatic imine (C=N–C) groups is 2. The zero-order valence-corrected chi connectivity index (χ0v) is 12.0. The molecule has 0 saturated carbocycles. The molecule has 3 heterocycles. The summed E-state index contributed by atoms with van der Waals surface area (Å²) in [6.45, 7) is 0. The van der Waals surface area contributed by atoms with Gasteiger partial charge in [-0.1, -0.05) is 6.07 Å². The molecule has 1 aliphatic heterocycles. The largest absolute Gasteiger partial charge is 0.320 e. The molecule has 2 aromatic rings. The summed E-state index contributed by atoms with van der Waals surface area (Å²) in [6.07, 6.45) is 6.79. The molecule has 5 nitrogen and oxygen atoms in total. The van der Waals surface area contributed by atoms with Gasteiger partial charge in [0.15, 0.2) is 10.0 Å². The highest BCUT2D eigenvalue weighted by Gasteiger charge is 2.17. The maximum atomic E-state index is 4.61. The number of hydrogen-bond acceptors (Lipinski definition) is 5. The minimum Gasteiger partial charge on any atom is -0.320 e. The maximum absolute atomic E-state index is 4.61. The number of hydrogen-bond donors (Lipinski definition) is 1. The van der Waals surface area contributed by atoms with Crippen LogP contribution in [0, 0.1) is 0 Å². The highest BCUT2D eigenvalue weighted by molar-refractivity contribution is 14.1. The van der Waals surface area contributed by atoms with Crippen LogP contribution in [0.25, 0.3) is 0 Å². The first-order valence-corrected chi connectivity index (χ1v) is 6.79. The molecule has 0 aliphatic carbocycles. The molecule has 0 fully saturated rings. The molecule has 0 saturated heterocycles. The lowest BCUT2D eigenvalue weighted by atomic mass is 10.2. The van der Waals surface area contributed by atoms with Crippen LogP contribution in [0.15, 0.2) is 59.0 Å². The van der Waals surface area contributed by atoms with Crippen molar-refractivity contribution in [3.05, 3.63) is 60.2 Å². The van der Waals surface area contributed by atoms with Crippen LogP contribution in [-0.2, 0) is 0 Å². The Bertz CT molecular complexity index is 624. The third-order valence-electron chi connectivity index (χ3n) is 2.63. The van der Waals surface area contributed by atoms with E-state index in [0.29, 0.717) is 0 Å². The van der Waals surface area contributed by atoms with Gasteiger partial charge in [0.25, 0.3) is 0 Å². The fraction of sp³-hybridized carbons (Fsp3) is 0.0769. The van der Waals surface area contributed by atoms with Gasteiger partial charge < -0.3 is 5.32 Å². The maximum Gasteiger partial charge on any atom is 0.171 e. The summed E-state index contributed by atoms with van der Waals surface area (Å²) >= 11 is 2.16. The van der Waals surface area contributed by atoms with Crippen LogP contribution in [0.2, 0.25) is 0 Å². The number of rotatable bonds is 2. The van der Waals surface area contributed by atoms with E-state index in [0.717, 1.165) is 20.8 Å². The van der Waals surface area contributed by atoms with Crippen LogP contribution in [0.3, 0.4) is 0 Å². The van der Waals surface area contributed by atoms with Crippen LogP contribution < -0.4 is 5.32 Å². The van der Waals surface area contributed by atoms with Crippen LogP contribution in [0.4, 0.5) is 0 Å². The molecule has 0 radical (unpaired) electrons. The highest BCUT2D eigenvalue weighted by Crippen LogP contribution is 2.22. The Hall–Kier alpha value is -1.83. The Morgan fingerprint density at radius 2 is 1.79 bits per heavy atom. The summed E-state index contributed by atoms with van der Waals surface area (Å²) < 4.78 is 0.806. The van der Waals surface area contributed by atoms with Crippen LogP contribution in [0.1, 0.15) is 17.3 Å². The minimum atomic E-state index is -0.253. The molecule has 1 N–H and O–H groups in total. The normalized spacial score (nSPS) is 18.3. The summed E-state index contributed by atoms with van der Waals surface area (Å²) in [7, 11) is 0. The molecule has 6 heteroatoms. The summed E-state index contributed by atoms with van der Waals surface area (Å²) in [5, 5.41) is 3.16. The smallest absolute Gasteiger partial charge is 0.171 e. The zero-order chi connectivity index (χ0) is 13.1. The molecule has 1 atom stereocenters. The molecular weight excluding hydrogens is 353 g/mol. The summed E-state index contributed by atoms with van der Waals surface area (Å²) in [5.74, 6) is 0.779. The molecular formula is C13H10IN5. The molecule has 0 amide bonds. The number of aromatic nitrogens is 2. The highest BCUT2D eigenvalue weighted by atomic mass is 127. The van der Waals surface area contributed by atoms with Crippen molar-refractivity contribution in [3.63, 3.8) is 0 Å². The van der Waals surface area contributed by atoms with Gasteiger partial charge in [-0.2, -0.15) is 0 Å². The third-order valence-corrected chi connectivity index (χ3v) is 3.17. The first-order chi connectivity index (χ1) is 9.33. The molecule has 0 bridgehead atoms. The Kier molecular flexibility index (Phi) is 3.49. The predicted octanol–water partition coefficient (Wildman–Crippen LogP) is 2.32. The standard InChI is InChI=1S/C13H10IN5/c14-13-18-11(9-3-1-5-15-7-9)17-12(19-13)10-4-2-6-16-8-10/h1-8,11H,(H,17,18,19). The lowest BCUT2D eigenvalue weighted by molar-refractivity contribution is 0.756. The molecule has 1 unspecified atom stereocenters. The molecule has 0 aromatic carbocycles. The first kappa shape index (κ1) is 12.2. The number of nitrogens with zero attached hydrogens (tertiary/aromatic N) is 4. The van der Waals surface area contributed by atoms with Gasteiger partial charge in [-0.25, -0.2) is 9.98 Å². The zero-order valence-electron chi connectivity index (χ0n) is 9.86. The number of pyridine rings is 2. The van der Waals surface area contributed by atoms with Crippen molar-refractivity contribution in [2.75, 3.05) is 0 Å². The van der Waals surface area contributed by atoms with Gasteiger partial charge >= 0.3 is 0 Å². The van der Waals surface area contributed by atoms with Gasteiger partial charge in [0.1, 0.15) is 5.84 Å². The number of halogens is 1. The quantitative estimate of drug-likeness (QED) is 0.658. The van der Waals surface area contributed by atoms with E-state index in [2.05, 4.69) is 47.9 Å². The summed E-state index contributed by atoms with van der Waals surface area (Å²) in [6, 6.07) is 7.71. The Labute approximate surface area is 124 Å². The van der Waals surface area contributed by atoms with E-state index in [4.69, 9.17) is 0 Å². The van der Waals surface area contributed by atoms with E-state index < -0.39 is 0 Å². The fourth-order valence-corrected chi connectivity index (χ4v) is 2.27. The van der Waals surface area contributed by atoms with Gasteiger partial charge in [-0.3, -0.25) is 9.97 Å². The van der Waals surface area contributed by atoms with Crippen molar-refractivity contribution in [3.8, 4) is 0 Å². The number of nitrogens with one attached hydrogen (secondary N) is 1. The van der Waals surface area contributed by atoms with Crippen LogP contribution in [-0.4, -0.2) is 19.6 Å². The Balaban J connectivity index is 1.97. The second-order valence-electron chi connectivity index (χ2n) is 3.92. The van der Waals surface area contributed by atoms with E-state index in [9.17, 15) is 0 Å². The Morgan fingerprint density at radius 1 is 1.00 bits per heavy atom. The summed E-state index contributed by atoms with van der Waals surface area (Å²) in [4.78, 5) is 17.3. The lowest BCUT2D eigenvalue weighted by Crippen LogP contribution is -2.31. The van der Waals surface area contributed by atoms with Crippen molar-refractivity contribution in [1.82, 2.24) is 15.3 Å². The van der Waals surface area contributed by atoms with Gasteiger partial charge in [-0.15, -0.1) is 0 Å². The predicted molar refractivity (Wildman–Crippen MR) is 82.3 cm³/mol. The van der Waals surface area contributed by atoms with E-state index >= 15 is 0 Å². The van der Waals surface area contributed by atoms with Gasteiger partial charge in [0.2, 0.25) is 0 Å².